The number of ether oxygens (including phenoxy) is 1. The number of benzene rings is 1. The fraction of sp³-hybridized carbons (Fsp3) is 0.316. The third kappa shape index (κ3) is 2.43. The fourth-order valence-corrected chi connectivity index (χ4v) is 5.67. The standard InChI is InChI=1S/C19H18N4O4S/c1-12-17(13(2)27-22-12)28(24,25)23-10-19(11-23)15-8-20-18(21-16(15)9-26-19)14-6-4-3-5-7-14/h3-8H,9-11H2,1-2H3. The fourth-order valence-electron chi connectivity index (χ4n) is 3.85. The molecule has 0 N–H and O–H groups in total. The van der Waals surface area contributed by atoms with E-state index in [0.29, 0.717) is 23.9 Å². The first-order valence-electron chi connectivity index (χ1n) is 8.89. The highest BCUT2D eigenvalue weighted by Gasteiger charge is 2.55. The van der Waals surface area contributed by atoms with Gasteiger partial charge in [0.1, 0.15) is 16.2 Å². The summed E-state index contributed by atoms with van der Waals surface area (Å²) >= 11 is 0. The number of nitrogens with zero attached hydrogens (tertiary/aromatic N) is 4. The zero-order chi connectivity index (χ0) is 19.5. The molecule has 1 fully saturated rings. The van der Waals surface area contributed by atoms with E-state index in [4.69, 9.17) is 9.26 Å². The molecule has 5 rings (SSSR count). The molecule has 28 heavy (non-hydrogen) atoms. The van der Waals surface area contributed by atoms with Gasteiger partial charge in [-0.15, -0.1) is 0 Å². The van der Waals surface area contributed by atoms with E-state index in [0.717, 1.165) is 16.8 Å². The van der Waals surface area contributed by atoms with Crippen molar-refractivity contribution >= 4 is 10.0 Å². The second kappa shape index (κ2) is 5.94. The van der Waals surface area contributed by atoms with Crippen molar-refractivity contribution in [2.45, 2.75) is 31.0 Å². The lowest BCUT2D eigenvalue weighted by molar-refractivity contribution is -0.112. The van der Waals surface area contributed by atoms with Crippen molar-refractivity contribution < 1.29 is 17.7 Å². The minimum absolute atomic E-state index is 0.135. The average molecular weight is 398 g/mol. The molecule has 2 aliphatic heterocycles. The highest BCUT2D eigenvalue weighted by molar-refractivity contribution is 7.89. The van der Waals surface area contributed by atoms with E-state index in [1.165, 1.54) is 4.31 Å². The van der Waals surface area contributed by atoms with Crippen molar-refractivity contribution in [2.24, 2.45) is 0 Å². The normalized spacial score (nSPS) is 18.2. The Morgan fingerprint density at radius 1 is 1.14 bits per heavy atom. The largest absolute Gasteiger partial charge is 0.361 e. The van der Waals surface area contributed by atoms with Crippen LogP contribution in [0.2, 0.25) is 0 Å². The average Bonchev–Trinajstić information content (AvgIpc) is 3.21. The lowest BCUT2D eigenvalue weighted by Gasteiger charge is -2.45. The Kier molecular flexibility index (Phi) is 3.71. The molecule has 0 radical (unpaired) electrons. The molecule has 0 aliphatic carbocycles. The third-order valence-electron chi connectivity index (χ3n) is 5.30. The van der Waals surface area contributed by atoms with Gasteiger partial charge in [0.25, 0.3) is 0 Å². The molecule has 8 nitrogen and oxygen atoms in total. The summed E-state index contributed by atoms with van der Waals surface area (Å²) in [5, 5.41) is 3.75. The van der Waals surface area contributed by atoms with E-state index in [1.54, 1.807) is 20.0 Å². The van der Waals surface area contributed by atoms with Crippen molar-refractivity contribution in [3.63, 3.8) is 0 Å². The van der Waals surface area contributed by atoms with E-state index in [9.17, 15) is 8.42 Å². The second-order valence-corrected chi connectivity index (χ2v) is 9.00. The summed E-state index contributed by atoms with van der Waals surface area (Å²) in [6.45, 7) is 4.01. The smallest absolute Gasteiger partial charge is 0.248 e. The van der Waals surface area contributed by atoms with Gasteiger partial charge < -0.3 is 9.26 Å². The number of hydrogen-bond donors (Lipinski definition) is 0. The Bertz CT molecular complexity index is 1150. The highest BCUT2D eigenvalue weighted by Crippen LogP contribution is 2.45. The van der Waals surface area contributed by atoms with Crippen LogP contribution in [-0.2, 0) is 27.0 Å². The molecule has 0 atom stereocenters. The Balaban J connectivity index is 1.42. The molecule has 2 aromatic heterocycles. The van der Waals surface area contributed by atoms with Crippen LogP contribution in [0.25, 0.3) is 11.4 Å². The van der Waals surface area contributed by atoms with Crippen LogP contribution in [0.15, 0.2) is 45.9 Å². The lowest BCUT2D eigenvalue weighted by Crippen LogP contribution is -2.61. The van der Waals surface area contributed by atoms with Crippen molar-refractivity contribution in [3.8, 4) is 11.4 Å². The van der Waals surface area contributed by atoms with Crippen LogP contribution in [0, 0.1) is 13.8 Å². The van der Waals surface area contributed by atoms with Gasteiger partial charge in [-0.25, -0.2) is 18.4 Å². The molecule has 0 bridgehead atoms. The SMILES string of the molecule is Cc1noc(C)c1S(=O)(=O)N1CC2(C1)OCc1nc(-c3ccccc3)ncc12. The summed E-state index contributed by atoms with van der Waals surface area (Å²) in [6.07, 6.45) is 1.76. The summed E-state index contributed by atoms with van der Waals surface area (Å²) in [5.41, 5.74) is 2.28. The van der Waals surface area contributed by atoms with Gasteiger partial charge in [0.2, 0.25) is 10.0 Å². The zero-order valence-electron chi connectivity index (χ0n) is 15.4. The molecule has 4 heterocycles. The van der Waals surface area contributed by atoms with Gasteiger partial charge in [-0.3, -0.25) is 0 Å². The summed E-state index contributed by atoms with van der Waals surface area (Å²) in [7, 11) is -3.68. The van der Waals surface area contributed by atoms with E-state index < -0.39 is 15.6 Å². The molecule has 1 aromatic carbocycles. The molecule has 1 saturated heterocycles. The Hall–Kier alpha value is -2.62. The first-order chi connectivity index (χ1) is 13.4. The van der Waals surface area contributed by atoms with Crippen molar-refractivity contribution in [3.05, 3.63) is 59.2 Å². The Morgan fingerprint density at radius 3 is 2.57 bits per heavy atom. The number of aromatic nitrogens is 3. The maximum atomic E-state index is 12.9. The van der Waals surface area contributed by atoms with Gasteiger partial charge in [-0.1, -0.05) is 35.5 Å². The minimum atomic E-state index is -3.68. The van der Waals surface area contributed by atoms with Crippen molar-refractivity contribution in [1.29, 1.82) is 0 Å². The molecular formula is C19H18N4O4S. The van der Waals surface area contributed by atoms with Crippen LogP contribution in [0.1, 0.15) is 22.7 Å². The van der Waals surface area contributed by atoms with Crippen molar-refractivity contribution in [1.82, 2.24) is 19.4 Å². The predicted octanol–water partition coefficient (Wildman–Crippen LogP) is 2.18. The van der Waals surface area contributed by atoms with Crippen LogP contribution >= 0.6 is 0 Å². The maximum absolute atomic E-state index is 12.9. The number of sulfonamides is 1. The van der Waals surface area contributed by atoms with Crippen LogP contribution in [0.5, 0.6) is 0 Å². The molecule has 0 saturated carbocycles. The monoisotopic (exact) mass is 398 g/mol. The number of aryl methyl sites for hydroxylation is 2. The summed E-state index contributed by atoms with van der Waals surface area (Å²) in [5.74, 6) is 0.932. The van der Waals surface area contributed by atoms with Crippen molar-refractivity contribution in [2.75, 3.05) is 13.1 Å². The van der Waals surface area contributed by atoms with Crippen LogP contribution in [-0.4, -0.2) is 40.9 Å². The van der Waals surface area contributed by atoms with Gasteiger partial charge in [-0.05, 0) is 13.8 Å². The summed E-state index contributed by atoms with van der Waals surface area (Å²) in [6, 6.07) is 9.72. The third-order valence-corrected chi connectivity index (χ3v) is 7.34. The van der Waals surface area contributed by atoms with Gasteiger partial charge in [0.05, 0.1) is 12.3 Å². The number of rotatable bonds is 3. The minimum Gasteiger partial charge on any atom is -0.361 e. The van der Waals surface area contributed by atoms with Crippen LogP contribution < -0.4 is 0 Å². The topological polar surface area (TPSA) is 98.4 Å². The molecule has 9 heteroatoms. The molecule has 2 aliphatic rings. The van der Waals surface area contributed by atoms with Gasteiger partial charge in [-0.2, -0.15) is 4.31 Å². The van der Waals surface area contributed by atoms with E-state index in [2.05, 4.69) is 15.1 Å². The zero-order valence-corrected chi connectivity index (χ0v) is 16.2. The van der Waals surface area contributed by atoms with E-state index in [1.807, 2.05) is 30.3 Å². The van der Waals surface area contributed by atoms with E-state index in [-0.39, 0.29) is 18.0 Å². The summed E-state index contributed by atoms with van der Waals surface area (Å²) in [4.78, 5) is 9.25. The lowest BCUT2D eigenvalue weighted by atomic mass is 9.90. The Morgan fingerprint density at radius 2 is 1.89 bits per heavy atom. The first kappa shape index (κ1) is 17.5. The second-order valence-electron chi connectivity index (χ2n) is 7.13. The quantitative estimate of drug-likeness (QED) is 0.667. The molecule has 144 valence electrons. The number of fused-ring (bicyclic) bond motifs is 2. The maximum Gasteiger partial charge on any atom is 0.248 e. The Labute approximate surface area is 162 Å². The van der Waals surface area contributed by atoms with Crippen LogP contribution in [0.4, 0.5) is 0 Å². The molecular weight excluding hydrogens is 380 g/mol. The van der Waals surface area contributed by atoms with Crippen LogP contribution in [0.3, 0.4) is 0 Å². The van der Waals surface area contributed by atoms with Gasteiger partial charge >= 0.3 is 0 Å². The highest BCUT2D eigenvalue weighted by atomic mass is 32.2. The van der Waals surface area contributed by atoms with Gasteiger partial charge in [0.15, 0.2) is 11.6 Å². The number of hydrogen-bond acceptors (Lipinski definition) is 7. The summed E-state index contributed by atoms with van der Waals surface area (Å²) < 4.78 is 38.3. The molecule has 3 aromatic rings. The molecule has 1 spiro atoms. The first-order valence-corrected chi connectivity index (χ1v) is 10.3. The molecule has 0 unspecified atom stereocenters. The molecule has 0 amide bonds. The van der Waals surface area contributed by atoms with E-state index >= 15 is 0 Å². The van der Waals surface area contributed by atoms with Gasteiger partial charge in [0, 0.05) is 30.4 Å². The predicted molar refractivity (Wildman–Crippen MR) is 98.7 cm³/mol.